The van der Waals surface area contributed by atoms with Crippen LogP contribution in [-0.2, 0) is 17.9 Å². The first-order chi connectivity index (χ1) is 8.87. The van der Waals surface area contributed by atoms with Gasteiger partial charge in [0.1, 0.15) is 5.82 Å². The molecule has 1 heterocycles. The summed E-state index contributed by atoms with van der Waals surface area (Å²) in [5, 5.41) is 11.8. The Bertz CT molecular complexity index is 424. The second kappa shape index (κ2) is 6.91. The fourth-order valence-corrected chi connectivity index (χ4v) is 2.39. The van der Waals surface area contributed by atoms with Crippen molar-refractivity contribution in [2.45, 2.75) is 57.9 Å². The zero-order chi connectivity index (χ0) is 14.5. The fraction of sp³-hybridized carbons (Fsp3) is 0.750. The predicted molar refractivity (Wildman–Crippen MR) is 76.8 cm³/mol. The summed E-state index contributed by atoms with van der Waals surface area (Å²) in [6.07, 6.45) is 0.979. The third-order valence-electron chi connectivity index (χ3n) is 2.27. The second-order valence-electron chi connectivity index (χ2n) is 5.34. The molecule has 0 aliphatic heterocycles. The second-order valence-corrected chi connectivity index (χ2v) is 6.28. The molecule has 1 aromatic rings. The van der Waals surface area contributed by atoms with Gasteiger partial charge in [-0.15, -0.1) is 10.2 Å². The number of nitrogens with two attached hydrogens (primary N) is 1. The van der Waals surface area contributed by atoms with Gasteiger partial charge in [0.15, 0.2) is 5.16 Å². The summed E-state index contributed by atoms with van der Waals surface area (Å²) in [5.41, 5.74) is 5.41. The SMILES string of the molecule is CCCn1c(CN)nnc1SCC(=O)NC(C)(C)C. The lowest BCUT2D eigenvalue weighted by molar-refractivity contribution is -0.119. The van der Waals surface area contributed by atoms with E-state index >= 15 is 0 Å². The Kier molecular flexibility index (Phi) is 5.81. The molecule has 3 N–H and O–H groups in total. The average molecular weight is 285 g/mol. The molecule has 0 aromatic carbocycles. The zero-order valence-corrected chi connectivity index (χ0v) is 12.9. The van der Waals surface area contributed by atoms with E-state index in [2.05, 4.69) is 22.4 Å². The third-order valence-corrected chi connectivity index (χ3v) is 3.24. The summed E-state index contributed by atoms with van der Waals surface area (Å²) >= 11 is 1.39. The molecule has 0 radical (unpaired) electrons. The van der Waals surface area contributed by atoms with Crippen LogP contribution in [0.5, 0.6) is 0 Å². The molecule has 0 aliphatic carbocycles. The smallest absolute Gasteiger partial charge is 0.230 e. The summed E-state index contributed by atoms with van der Waals surface area (Å²) in [6.45, 7) is 9.15. The predicted octanol–water partition coefficient (Wildman–Crippen LogP) is 1.15. The number of hydrogen-bond donors (Lipinski definition) is 2. The van der Waals surface area contributed by atoms with Gasteiger partial charge in [0.25, 0.3) is 0 Å². The van der Waals surface area contributed by atoms with Gasteiger partial charge in [0.05, 0.1) is 12.3 Å². The molecule has 0 fully saturated rings. The molecular weight excluding hydrogens is 262 g/mol. The van der Waals surface area contributed by atoms with Gasteiger partial charge in [0, 0.05) is 12.1 Å². The van der Waals surface area contributed by atoms with Crippen LogP contribution < -0.4 is 11.1 Å². The topological polar surface area (TPSA) is 85.8 Å². The van der Waals surface area contributed by atoms with Crippen molar-refractivity contribution in [3.8, 4) is 0 Å². The minimum atomic E-state index is -0.211. The first-order valence-corrected chi connectivity index (χ1v) is 7.42. The Morgan fingerprint density at radius 2 is 2.11 bits per heavy atom. The normalized spacial score (nSPS) is 11.6. The van der Waals surface area contributed by atoms with Crippen LogP contribution in [0.2, 0.25) is 0 Å². The quantitative estimate of drug-likeness (QED) is 0.766. The highest BCUT2D eigenvalue weighted by Gasteiger charge is 2.16. The number of rotatable bonds is 6. The Hall–Kier alpha value is -1.08. The highest BCUT2D eigenvalue weighted by atomic mass is 32.2. The van der Waals surface area contributed by atoms with E-state index in [4.69, 9.17) is 5.73 Å². The van der Waals surface area contributed by atoms with Crippen LogP contribution in [0, 0.1) is 0 Å². The van der Waals surface area contributed by atoms with Crippen LogP contribution in [0.15, 0.2) is 5.16 Å². The molecule has 0 unspecified atom stereocenters. The summed E-state index contributed by atoms with van der Waals surface area (Å²) in [7, 11) is 0. The van der Waals surface area contributed by atoms with E-state index in [9.17, 15) is 4.79 Å². The summed E-state index contributed by atoms with van der Waals surface area (Å²) in [4.78, 5) is 11.8. The molecule has 1 rings (SSSR count). The van der Waals surface area contributed by atoms with Gasteiger partial charge in [-0.25, -0.2) is 0 Å². The van der Waals surface area contributed by atoms with E-state index < -0.39 is 0 Å². The molecule has 1 aromatic heterocycles. The van der Waals surface area contributed by atoms with Crippen LogP contribution in [0.3, 0.4) is 0 Å². The number of aromatic nitrogens is 3. The van der Waals surface area contributed by atoms with Crippen molar-refractivity contribution < 1.29 is 4.79 Å². The molecule has 0 spiro atoms. The van der Waals surface area contributed by atoms with Crippen molar-refractivity contribution in [1.82, 2.24) is 20.1 Å². The maximum absolute atomic E-state index is 11.8. The lowest BCUT2D eigenvalue weighted by Gasteiger charge is -2.20. The maximum atomic E-state index is 11.8. The Morgan fingerprint density at radius 3 is 2.63 bits per heavy atom. The third kappa shape index (κ3) is 5.20. The number of nitrogens with one attached hydrogen (secondary N) is 1. The highest BCUT2D eigenvalue weighted by Crippen LogP contribution is 2.17. The molecular formula is C12H23N5OS. The van der Waals surface area contributed by atoms with Gasteiger partial charge < -0.3 is 15.6 Å². The molecule has 7 heteroatoms. The van der Waals surface area contributed by atoms with E-state index in [1.165, 1.54) is 11.8 Å². The van der Waals surface area contributed by atoms with Gasteiger partial charge in [-0.1, -0.05) is 18.7 Å². The summed E-state index contributed by atoms with van der Waals surface area (Å²) in [5.74, 6) is 1.10. The summed E-state index contributed by atoms with van der Waals surface area (Å²) in [6, 6.07) is 0. The summed E-state index contributed by atoms with van der Waals surface area (Å²) < 4.78 is 1.98. The lowest BCUT2D eigenvalue weighted by Crippen LogP contribution is -2.41. The van der Waals surface area contributed by atoms with Gasteiger partial charge in [0.2, 0.25) is 5.91 Å². The number of thioether (sulfide) groups is 1. The number of nitrogens with zero attached hydrogens (tertiary/aromatic N) is 3. The maximum Gasteiger partial charge on any atom is 0.230 e. The van der Waals surface area contributed by atoms with Crippen molar-refractivity contribution in [3.63, 3.8) is 0 Å². The van der Waals surface area contributed by atoms with Gasteiger partial charge >= 0.3 is 0 Å². The van der Waals surface area contributed by atoms with Crippen molar-refractivity contribution in [1.29, 1.82) is 0 Å². The number of amides is 1. The molecule has 108 valence electrons. The van der Waals surface area contributed by atoms with Crippen molar-refractivity contribution in [3.05, 3.63) is 5.82 Å². The van der Waals surface area contributed by atoms with Crippen molar-refractivity contribution in [2.24, 2.45) is 5.73 Å². The molecule has 19 heavy (non-hydrogen) atoms. The zero-order valence-electron chi connectivity index (χ0n) is 12.1. The van der Waals surface area contributed by atoms with E-state index in [-0.39, 0.29) is 11.4 Å². The van der Waals surface area contributed by atoms with Crippen LogP contribution in [0.4, 0.5) is 0 Å². The Labute approximate surface area is 118 Å². The highest BCUT2D eigenvalue weighted by molar-refractivity contribution is 7.99. The first kappa shape index (κ1) is 16.0. The fourth-order valence-electron chi connectivity index (χ4n) is 1.61. The van der Waals surface area contributed by atoms with E-state index in [1.54, 1.807) is 0 Å². The first-order valence-electron chi connectivity index (χ1n) is 6.43. The molecule has 6 nitrogen and oxygen atoms in total. The molecule has 0 aliphatic rings. The van der Waals surface area contributed by atoms with Crippen LogP contribution >= 0.6 is 11.8 Å². The van der Waals surface area contributed by atoms with Gasteiger partial charge in [-0.3, -0.25) is 4.79 Å². The molecule has 0 bridgehead atoms. The molecule has 0 saturated heterocycles. The van der Waals surface area contributed by atoms with Crippen molar-refractivity contribution >= 4 is 17.7 Å². The monoisotopic (exact) mass is 285 g/mol. The van der Waals surface area contributed by atoms with E-state index in [0.29, 0.717) is 12.3 Å². The standard InChI is InChI=1S/C12H23N5OS/c1-5-6-17-9(7-13)15-16-11(17)19-8-10(18)14-12(2,3)4/h5-8,13H2,1-4H3,(H,14,18). The Morgan fingerprint density at radius 1 is 1.42 bits per heavy atom. The van der Waals surface area contributed by atoms with Crippen molar-refractivity contribution in [2.75, 3.05) is 5.75 Å². The van der Waals surface area contributed by atoms with Crippen LogP contribution in [-0.4, -0.2) is 32.0 Å². The minimum Gasteiger partial charge on any atom is -0.351 e. The average Bonchev–Trinajstić information content (AvgIpc) is 2.67. The van der Waals surface area contributed by atoms with Crippen LogP contribution in [0.25, 0.3) is 0 Å². The molecule has 0 saturated carbocycles. The van der Waals surface area contributed by atoms with Crippen LogP contribution in [0.1, 0.15) is 39.9 Å². The number of carbonyl (C=O) groups excluding carboxylic acids is 1. The lowest BCUT2D eigenvalue weighted by atomic mass is 10.1. The molecule has 1 amide bonds. The molecule has 0 atom stereocenters. The Balaban J connectivity index is 2.62. The van der Waals surface area contributed by atoms with E-state index in [0.717, 1.165) is 23.9 Å². The minimum absolute atomic E-state index is 0.00199. The van der Waals surface area contributed by atoms with Gasteiger partial charge in [-0.05, 0) is 27.2 Å². The number of hydrogen-bond acceptors (Lipinski definition) is 5. The van der Waals surface area contributed by atoms with E-state index in [1.807, 2.05) is 25.3 Å². The number of carbonyl (C=O) groups is 1. The largest absolute Gasteiger partial charge is 0.351 e. The van der Waals surface area contributed by atoms with Gasteiger partial charge in [-0.2, -0.15) is 0 Å².